The summed E-state index contributed by atoms with van der Waals surface area (Å²) in [5.41, 5.74) is 5.05. The van der Waals surface area contributed by atoms with E-state index in [-0.39, 0.29) is 16.7 Å². The zero-order valence-corrected chi connectivity index (χ0v) is 17.9. The van der Waals surface area contributed by atoms with Crippen LogP contribution in [0, 0.1) is 12.3 Å². The smallest absolute Gasteiger partial charge is 0.335 e. The van der Waals surface area contributed by atoms with Crippen LogP contribution in [0.4, 0.5) is 5.69 Å². The monoisotopic (exact) mass is 430 g/mol. The molecule has 0 saturated carbocycles. The Hall–Kier alpha value is -3.38. The van der Waals surface area contributed by atoms with E-state index in [1.807, 2.05) is 41.3 Å². The molecule has 1 unspecified atom stereocenters. The highest BCUT2D eigenvalue weighted by atomic mass is 32.2. The summed E-state index contributed by atoms with van der Waals surface area (Å²) in [7, 11) is 0. The van der Waals surface area contributed by atoms with Crippen LogP contribution < -0.4 is 4.90 Å². The minimum Gasteiger partial charge on any atom is -0.478 e. The zero-order chi connectivity index (χ0) is 22.0. The molecule has 0 radical (unpaired) electrons. The van der Waals surface area contributed by atoms with E-state index in [1.54, 1.807) is 36.0 Å². The summed E-state index contributed by atoms with van der Waals surface area (Å²) >= 11 is 1.58. The van der Waals surface area contributed by atoms with E-state index in [9.17, 15) is 9.59 Å². The highest BCUT2D eigenvalue weighted by Gasteiger charge is 2.34. The number of hydrogen-bond donors (Lipinski definition) is 2. The molecular weight excluding hydrogens is 408 g/mol. The molecule has 3 aromatic rings. The van der Waals surface area contributed by atoms with Crippen molar-refractivity contribution in [3.05, 3.63) is 94.5 Å². The fourth-order valence-corrected chi connectivity index (χ4v) is 5.02. The van der Waals surface area contributed by atoms with Gasteiger partial charge < -0.3 is 15.4 Å². The van der Waals surface area contributed by atoms with Crippen LogP contribution in [0.3, 0.4) is 0 Å². The van der Waals surface area contributed by atoms with Gasteiger partial charge in [-0.05, 0) is 53.8 Å². The molecule has 0 saturated heterocycles. The molecule has 1 amide bonds. The molecule has 1 heterocycles. The first kappa shape index (κ1) is 20.9. The second kappa shape index (κ2) is 8.78. The molecule has 3 aromatic carbocycles. The minimum atomic E-state index is -0.959. The maximum Gasteiger partial charge on any atom is 0.335 e. The Bertz CT molecular complexity index is 1140. The van der Waals surface area contributed by atoms with Gasteiger partial charge in [-0.3, -0.25) is 4.79 Å². The second-order valence-electron chi connectivity index (χ2n) is 7.55. The fourth-order valence-electron chi connectivity index (χ4n) is 3.68. The Balaban J connectivity index is 1.63. The number of benzene rings is 3. The first-order valence-corrected chi connectivity index (χ1v) is 10.8. The number of carboxylic acid groups (broad SMARTS) is 1. The van der Waals surface area contributed by atoms with Crippen molar-refractivity contribution in [1.82, 2.24) is 0 Å². The number of carboxylic acids is 1. The lowest BCUT2D eigenvalue weighted by Crippen LogP contribution is -2.41. The van der Waals surface area contributed by atoms with Crippen LogP contribution in [-0.2, 0) is 17.8 Å². The molecule has 0 fully saturated rings. The summed E-state index contributed by atoms with van der Waals surface area (Å²) in [6, 6.07) is 20.4. The third kappa shape index (κ3) is 4.39. The highest BCUT2D eigenvalue weighted by molar-refractivity contribution is 8.01. The minimum absolute atomic E-state index is 0.0431. The van der Waals surface area contributed by atoms with Gasteiger partial charge in [-0.1, -0.05) is 48.5 Å². The van der Waals surface area contributed by atoms with E-state index < -0.39 is 5.97 Å². The molecular formula is C25H22N2O3S. The Morgan fingerprint density at radius 3 is 2.39 bits per heavy atom. The van der Waals surface area contributed by atoms with Crippen LogP contribution in [0.25, 0.3) is 0 Å². The summed E-state index contributed by atoms with van der Waals surface area (Å²) in [5.74, 6) is -0.916. The highest BCUT2D eigenvalue weighted by Crippen LogP contribution is 2.42. The number of carbonyl (C=O) groups excluding carboxylic acids is 1. The molecule has 6 heteroatoms. The molecule has 31 heavy (non-hydrogen) atoms. The van der Waals surface area contributed by atoms with E-state index in [0.29, 0.717) is 13.0 Å². The van der Waals surface area contributed by atoms with E-state index in [2.05, 4.69) is 13.0 Å². The summed E-state index contributed by atoms with van der Waals surface area (Å²) < 4.78 is 0. The topological polar surface area (TPSA) is 81.5 Å². The SMILES string of the molecule is Cc1cccc2c1SC(Cc1ccc(C(=O)O)cc1)C(=O)N2Cc1ccc(C=N)cc1. The zero-order valence-electron chi connectivity index (χ0n) is 17.0. The molecule has 0 bridgehead atoms. The number of carbonyl (C=O) groups is 2. The van der Waals surface area contributed by atoms with Gasteiger partial charge in [0.2, 0.25) is 5.91 Å². The van der Waals surface area contributed by atoms with Crippen molar-refractivity contribution in [2.24, 2.45) is 0 Å². The Morgan fingerprint density at radius 1 is 1.06 bits per heavy atom. The third-order valence-corrected chi connectivity index (χ3v) is 6.81. The van der Waals surface area contributed by atoms with Gasteiger partial charge in [0.25, 0.3) is 0 Å². The molecule has 1 atom stereocenters. The standard InChI is InChI=1S/C25H22N2O3S/c1-16-3-2-4-21-23(16)31-22(13-17-9-11-20(12-10-17)25(29)30)24(28)27(21)15-19-7-5-18(14-26)6-8-19/h2-12,14,22,26H,13,15H2,1H3,(H,29,30). The van der Waals surface area contributed by atoms with Gasteiger partial charge in [-0.15, -0.1) is 11.8 Å². The van der Waals surface area contributed by atoms with Gasteiger partial charge in [0.1, 0.15) is 0 Å². The first-order valence-electron chi connectivity index (χ1n) is 9.95. The number of nitrogens with one attached hydrogen (secondary N) is 1. The van der Waals surface area contributed by atoms with Gasteiger partial charge in [0, 0.05) is 11.1 Å². The van der Waals surface area contributed by atoms with Crippen molar-refractivity contribution in [3.8, 4) is 0 Å². The predicted molar refractivity (Wildman–Crippen MR) is 123 cm³/mol. The van der Waals surface area contributed by atoms with Crippen LogP contribution in [0.5, 0.6) is 0 Å². The third-order valence-electron chi connectivity index (χ3n) is 5.39. The average molecular weight is 431 g/mol. The molecule has 0 spiro atoms. The normalized spacial score (nSPS) is 15.5. The van der Waals surface area contributed by atoms with Crippen molar-refractivity contribution in [2.45, 2.75) is 30.0 Å². The van der Waals surface area contributed by atoms with Gasteiger partial charge >= 0.3 is 5.97 Å². The number of aryl methyl sites for hydroxylation is 1. The summed E-state index contributed by atoms with van der Waals surface area (Å²) in [6.45, 7) is 2.51. The van der Waals surface area contributed by atoms with Crippen LogP contribution in [0.1, 0.15) is 32.6 Å². The van der Waals surface area contributed by atoms with E-state index in [0.717, 1.165) is 32.8 Å². The lowest BCUT2D eigenvalue weighted by molar-refractivity contribution is -0.118. The lowest BCUT2D eigenvalue weighted by Gasteiger charge is -2.34. The van der Waals surface area contributed by atoms with Crippen molar-refractivity contribution in [1.29, 1.82) is 5.41 Å². The molecule has 1 aliphatic heterocycles. The Kier molecular flexibility index (Phi) is 5.91. The number of hydrogen-bond acceptors (Lipinski definition) is 4. The van der Waals surface area contributed by atoms with Gasteiger partial charge in [-0.2, -0.15) is 0 Å². The number of anilines is 1. The number of fused-ring (bicyclic) bond motifs is 1. The van der Waals surface area contributed by atoms with E-state index in [1.165, 1.54) is 6.21 Å². The summed E-state index contributed by atoms with van der Waals surface area (Å²) in [4.78, 5) is 27.5. The van der Waals surface area contributed by atoms with Gasteiger partial charge in [-0.25, -0.2) is 4.79 Å². The first-order chi connectivity index (χ1) is 15.0. The number of amides is 1. The number of aromatic carboxylic acids is 1. The summed E-state index contributed by atoms with van der Waals surface area (Å²) in [6.07, 6.45) is 1.83. The van der Waals surface area contributed by atoms with Crippen molar-refractivity contribution in [3.63, 3.8) is 0 Å². The molecule has 0 aliphatic carbocycles. The second-order valence-corrected chi connectivity index (χ2v) is 8.76. The van der Waals surface area contributed by atoms with E-state index in [4.69, 9.17) is 10.5 Å². The van der Waals surface area contributed by atoms with E-state index >= 15 is 0 Å². The van der Waals surface area contributed by atoms with Crippen LogP contribution >= 0.6 is 11.8 Å². The number of thioether (sulfide) groups is 1. The maximum absolute atomic E-state index is 13.5. The number of rotatable bonds is 6. The van der Waals surface area contributed by atoms with Gasteiger partial charge in [0.05, 0.1) is 23.0 Å². The van der Waals surface area contributed by atoms with Crippen molar-refractivity contribution < 1.29 is 14.7 Å². The Labute approximate surface area is 185 Å². The van der Waals surface area contributed by atoms with Crippen molar-refractivity contribution >= 4 is 35.5 Å². The van der Waals surface area contributed by atoms with Crippen LogP contribution in [0.15, 0.2) is 71.6 Å². The van der Waals surface area contributed by atoms with Crippen LogP contribution in [-0.4, -0.2) is 28.4 Å². The van der Waals surface area contributed by atoms with Crippen molar-refractivity contribution in [2.75, 3.05) is 4.90 Å². The maximum atomic E-state index is 13.5. The molecule has 1 aliphatic rings. The molecule has 5 nitrogen and oxygen atoms in total. The Morgan fingerprint density at radius 2 is 1.74 bits per heavy atom. The quantitative estimate of drug-likeness (QED) is 0.543. The van der Waals surface area contributed by atoms with Gasteiger partial charge in [0.15, 0.2) is 0 Å². The molecule has 0 aromatic heterocycles. The molecule has 156 valence electrons. The summed E-state index contributed by atoms with van der Waals surface area (Å²) in [5, 5.41) is 16.2. The molecule has 2 N–H and O–H groups in total. The van der Waals surface area contributed by atoms with Crippen LogP contribution in [0.2, 0.25) is 0 Å². The molecule has 4 rings (SSSR count). The average Bonchev–Trinajstić information content (AvgIpc) is 2.78. The largest absolute Gasteiger partial charge is 0.478 e. The lowest BCUT2D eigenvalue weighted by atomic mass is 10.0. The number of nitrogens with zero attached hydrogens (tertiary/aromatic N) is 1. The fraction of sp³-hybridized carbons (Fsp3) is 0.160. The predicted octanol–water partition coefficient (Wildman–Crippen LogP) is 4.94.